The molecular formula is C11H13Cl2NOS. The molecule has 2 nitrogen and oxygen atoms in total. The Hall–Kier alpha value is -0.380. The minimum Gasteiger partial charge on any atom is -0.314 e. The molecule has 1 amide bonds. The van der Waals surface area contributed by atoms with Gasteiger partial charge in [-0.15, -0.1) is 0 Å². The van der Waals surface area contributed by atoms with E-state index in [9.17, 15) is 4.79 Å². The van der Waals surface area contributed by atoms with Gasteiger partial charge in [0.1, 0.15) is 0 Å². The zero-order chi connectivity index (χ0) is 12.0. The predicted octanol–water partition coefficient (Wildman–Crippen LogP) is 5.06. The Bertz CT molecular complexity index is 351. The third-order valence-corrected chi connectivity index (χ3v) is 3.41. The van der Waals surface area contributed by atoms with E-state index in [1.165, 1.54) is 11.8 Å². The molecular weight excluding hydrogens is 265 g/mol. The first-order valence-corrected chi connectivity index (χ1v) is 6.77. The number of unbranched alkanes of at least 4 members (excludes halogenated alkanes) is 1. The largest absolute Gasteiger partial charge is 0.314 e. The summed E-state index contributed by atoms with van der Waals surface area (Å²) in [5.74, 6) is 0.810. The summed E-state index contributed by atoms with van der Waals surface area (Å²) in [4.78, 5) is 11.5. The highest BCUT2D eigenvalue weighted by molar-refractivity contribution is 8.13. The van der Waals surface area contributed by atoms with Gasteiger partial charge in [0.15, 0.2) is 0 Å². The molecule has 0 aliphatic rings. The van der Waals surface area contributed by atoms with E-state index < -0.39 is 0 Å². The fraction of sp³-hybridized carbons (Fsp3) is 0.364. The van der Waals surface area contributed by atoms with Crippen molar-refractivity contribution in [2.45, 2.75) is 19.8 Å². The number of carbonyl (C=O) groups is 1. The second kappa shape index (κ2) is 7.05. The number of hydrogen-bond donors (Lipinski definition) is 1. The SMILES string of the molecule is CCCCSC(=O)Nc1c(Cl)cccc1Cl. The molecule has 0 aliphatic heterocycles. The Kier molecular flexibility index (Phi) is 6.03. The Morgan fingerprint density at radius 3 is 2.56 bits per heavy atom. The average Bonchev–Trinajstić information content (AvgIpc) is 2.24. The van der Waals surface area contributed by atoms with E-state index in [1.807, 2.05) is 0 Å². The molecule has 0 spiro atoms. The Labute approximate surface area is 110 Å². The monoisotopic (exact) mass is 277 g/mol. The van der Waals surface area contributed by atoms with Crippen molar-refractivity contribution in [1.82, 2.24) is 0 Å². The maximum Gasteiger partial charge on any atom is 0.283 e. The molecule has 88 valence electrons. The number of benzene rings is 1. The first-order valence-electron chi connectivity index (χ1n) is 5.03. The van der Waals surface area contributed by atoms with Crippen LogP contribution in [0.15, 0.2) is 18.2 Å². The molecule has 0 saturated heterocycles. The lowest BCUT2D eigenvalue weighted by Crippen LogP contribution is -2.06. The van der Waals surface area contributed by atoms with Gasteiger partial charge in [-0.25, -0.2) is 0 Å². The van der Waals surface area contributed by atoms with Crippen LogP contribution in [0.5, 0.6) is 0 Å². The lowest BCUT2D eigenvalue weighted by Gasteiger charge is -2.08. The molecule has 1 aromatic rings. The normalized spacial score (nSPS) is 10.2. The summed E-state index contributed by atoms with van der Waals surface area (Å²) < 4.78 is 0. The topological polar surface area (TPSA) is 29.1 Å². The number of nitrogens with one attached hydrogen (secondary N) is 1. The van der Waals surface area contributed by atoms with Gasteiger partial charge in [-0.2, -0.15) is 0 Å². The van der Waals surface area contributed by atoms with Gasteiger partial charge in [0, 0.05) is 5.75 Å². The standard InChI is InChI=1S/C11H13Cl2NOS/c1-2-3-7-16-11(15)14-10-8(12)5-4-6-9(10)13/h4-6H,2-3,7H2,1H3,(H,14,15). The molecule has 0 radical (unpaired) electrons. The first kappa shape index (κ1) is 13.7. The van der Waals surface area contributed by atoms with Gasteiger partial charge >= 0.3 is 0 Å². The minimum atomic E-state index is -0.122. The van der Waals surface area contributed by atoms with Crippen LogP contribution in [0.3, 0.4) is 0 Å². The highest BCUT2D eigenvalue weighted by Gasteiger charge is 2.09. The molecule has 1 aromatic carbocycles. The van der Waals surface area contributed by atoms with Crippen LogP contribution in [0.25, 0.3) is 0 Å². The molecule has 0 unspecified atom stereocenters. The summed E-state index contributed by atoms with van der Waals surface area (Å²) in [6, 6.07) is 5.13. The number of hydrogen-bond acceptors (Lipinski definition) is 2. The molecule has 0 atom stereocenters. The van der Waals surface area contributed by atoms with Crippen molar-refractivity contribution < 1.29 is 4.79 Å². The summed E-state index contributed by atoms with van der Waals surface area (Å²) in [5, 5.41) is 3.49. The number of amides is 1. The number of carbonyl (C=O) groups excluding carboxylic acids is 1. The van der Waals surface area contributed by atoms with Crippen LogP contribution in [0.1, 0.15) is 19.8 Å². The third-order valence-electron chi connectivity index (χ3n) is 1.92. The smallest absolute Gasteiger partial charge is 0.283 e. The van der Waals surface area contributed by atoms with Crippen LogP contribution in [0.4, 0.5) is 10.5 Å². The summed E-state index contributed by atoms with van der Waals surface area (Å²) >= 11 is 13.1. The van der Waals surface area contributed by atoms with Crippen LogP contribution >= 0.6 is 35.0 Å². The first-order chi connectivity index (χ1) is 7.65. The number of anilines is 1. The second-order valence-electron chi connectivity index (χ2n) is 3.21. The number of thioether (sulfide) groups is 1. The molecule has 0 aromatic heterocycles. The van der Waals surface area contributed by atoms with E-state index in [4.69, 9.17) is 23.2 Å². The molecule has 1 N–H and O–H groups in total. The number of rotatable bonds is 4. The zero-order valence-electron chi connectivity index (χ0n) is 8.93. The predicted molar refractivity (Wildman–Crippen MR) is 72.8 cm³/mol. The molecule has 0 aliphatic carbocycles. The van der Waals surface area contributed by atoms with Crippen molar-refractivity contribution >= 4 is 45.9 Å². The van der Waals surface area contributed by atoms with E-state index in [1.54, 1.807) is 18.2 Å². The Morgan fingerprint density at radius 1 is 1.38 bits per heavy atom. The van der Waals surface area contributed by atoms with Crippen LogP contribution < -0.4 is 5.32 Å². The molecule has 0 fully saturated rings. The highest BCUT2D eigenvalue weighted by atomic mass is 35.5. The van der Waals surface area contributed by atoms with Gasteiger partial charge in [0.05, 0.1) is 15.7 Å². The van der Waals surface area contributed by atoms with Crippen molar-refractivity contribution in [1.29, 1.82) is 0 Å². The van der Waals surface area contributed by atoms with Crippen molar-refractivity contribution in [3.63, 3.8) is 0 Å². The van der Waals surface area contributed by atoms with Crippen molar-refractivity contribution in [2.24, 2.45) is 0 Å². The van der Waals surface area contributed by atoms with Gasteiger partial charge in [-0.05, 0) is 18.6 Å². The minimum absolute atomic E-state index is 0.122. The second-order valence-corrected chi connectivity index (χ2v) is 5.09. The van der Waals surface area contributed by atoms with E-state index in [0.29, 0.717) is 15.7 Å². The van der Waals surface area contributed by atoms with E-state index in [0.717, 1.165) is 18.6 Å². The van der Waals surface area contributed by atoms with Crippen LogP contribution in [0.2, 0.25) is 10.0 Å². The van der Waals surface area contributed by atoms with Gasteiger partial charge in [0.2, 0.25) is 0 Å². The maximum atomic E-state index is 11.5. The van der Waals surface area contributed by atoms with Crippen LogP contribution in [-0.4, -0.2) is 11.0 Å². The molecule has 0 bridgehead atoms. The van der Waals surface area contributed by atoms with Crippen molar-refractivity contribution in [3.05, 3.63) is 28.2 Å². The fourth-order valence-corrected chi connectivity index (χ4v) is 2.35. The Morgan fingerprint density at radius 2 is 2.00 bits per heavy atom. The molecule has 16 heavy (non-hydrogen) atoms. The van der Waals surface area contributed by atoms with Crippen LogP contribution in [0, 0.1) is 0 Å². The number of halogens is 2. The van der Waals surface area contributed by atoms with E-state index in [2.05, 4.69) is 12.2 Å². The Balaban J connectivity index is 2.56. The van der Waals surface area contributed by atoms with E-state index >= 15 is 0 Å². The molecule has 0 heterocycles. The average molecular weight is 278 g/mol. The summed E-state index contributed by atoms with van der Waals surface area (Å²) in [5.41, 5.74) is 0.486. The lowest BCUT2D eigenvalue weighted by molar-refractivity contribution is 0.270. The molecule has 0 saturated carbocycles. The fourth-order valence-electron chi connectivity index (χ4n) is 1.06. The van der Waals surface area contributed by atoms with Gasteiger partial charge in [0.25, 0.3) is 5.24 Å². The van der Waals surface area contributed by atoms with E-state index in [-0.39, 0.29) is 5.24 Å². The summed E-state index contributed by atoms with van der Waals surface area (Å²) in [6.45, 7) is 2.09. The zero-order valence-corrected chi connectivity index (χ0v) is 11.3. The summed E-state index contributed by atoms with van der Waals surface area (Å²) in [7, 11) is 0. The quantitative estimate of drug-likeness (QED) is 0.780. The number of para-hydroxylation sites is 1. The van der Waals surface area contributed by atoms with Gasteiger partial charge in [-0.1, -0.05) is 54.4 Å². The lowest BCUT2D eigenvalue weighted by atomic mass is 10.3. The van der Waals surface area contributed by atoms with Gasteiger partial charge < -0.3 is 5.32 Å². The molecule has 5 heteroatoms. The maximum absolute atomic E-state index is 11.5. The molecule has 1 rings (SSSR count). The van der Waals surface area contributed by atoms with Crippen molar-refractivity contribution in [3.8, 4) is 0 Å². The highest BCUT2D eigenvalue weighted by Crippen LogP contribution is 2.30. The van der Waals surface area contributed by atoms with Gasteiger partial charge in [-0.3, -0.25) is 4.79 Å². The van der Waals surface area contributed by atoms with Crippen LogP contribution in [-0.2, 0) is 0 Å². The van der Waals surface area contributed by atoms with Crippen molar-refractivity contribution in [2.75, 3.05) is 11.1 Å². The third kappa shape index (κ3) is 4.24. The summed E-state index contributed by atoms with van der Waals surface area (Å²) in [6.07, 6.45) is 2.10.